The molecule has 1 aliphatic heterocycles. The Hall–Kier alpha value is -2.07. The monoisotopic (exact) mass is 347 g/mol. The summed E-state index contributed by atoms with van der Waals surface area (Å²) in [6, 6.07) is 13.4. The number of carbonyl (C=O) groups excluding carboxylic acids is 1. The van der Waals surface area contributed by atoms with Gasteiger partial charge in [0.15, 0.2) is 0 Å². The van der Waals surface area contributed by atoms with Gasteiger partial charge in [0.2, 0.25) is 5.91 Å². The van der Waals surface area contributed by atoms with Gasteiger partial charge in [-0.15, -0.1) is 0 Å². The second-order valence-corrected chi connectivity index (χ2v) is 6.39. The molecule has 0 aromatic heterocycles. The Labute approximate surface area is 146 Å². The number of carbonyl (C=O) groups is 1. The summed E-state index contributed by atoms with van der Waals surface area (Å²) in [6.07, 6.45) is 2.02. The van der Waals surface area contributed by atoms with Crippen LogP contribution in [-0.4, -0.2) is 30.0 Å². The molecule has 3 rings (SSSR count). The summed E-state index contributed by atoms with van der Waals surface area (Å²) < 4.78 is 18.7. The largest absolute Gasteiger partial charge is 0.490 e. The maximum atomic E-state index is 12.9. The van der Waals surface area contributed by atoms with Gasteiger partial charge in [-0.1, -0.05) is 23.7 Å². The molecular formula is C19H19ClFNO2. The van der Waals surface area contributed by atoms with Gasteiger partial charge < -0.3 is 9.64 Å². The van der Waals surface area contributed by atoms with E-state index in [9.17, 15) is 9.18 Å². The maximum absolute atomic E-state index is 12.9. The Morgan fingerprint density at radius 2 is 1.71 bits per heavy atom. The molecule has 0 aliphatic carbocycles. The molecule has 3 nitrogen and oxygen atoms in total. The Morgan fingerprint density at radius 3 is 2.33 bits per heavy atom. The van der Waals surface area contributed by atoms with Crippen molar-refractivity contribution in [2.24, 2.45) is 0 Å². The molecule has 0 radical (unpaired) electrons. The quantitative estimate of drug-likeness (QED) is 0.833. The average Bonchev–Trinajstić information content (AvgIpc) is 2.59. The minimum Gasteiger partial charge on any atom is -0.490 e. The summed E-state index contributed by atoms with van der Waals surface area (Å²) in [5.41, 5.74) is 0.967. The van der Waals surface area contributed by atoms with Crippen LogP contribution < -0.4 is 4.74 Å². The number of ether oxygens (including phenoxy) is 1. The van der Waals surface area contributed by atoms with E-state index in [-0.39, 0.29) is 17.8 Å². The van der Waals surface area contributed by atoms with Gasteiger partial charge in [-0.3, -0.25) is 4.79 Å². The first-order valence-corrected chi connectivity index (χ1v) is 8.42. The van der Waals surface area contributed by atoms with Crippen molar-refractivity contribution in [1.82, 2.24) is 4.90 Å². The van der Waals surface area contributed by atoms with Crippen molar-refractivity contribution in [2.75, 3.05) is 13.1 Å². The number of benzene rings is 2. The highest BCUT2D eigenvalue weighted by Crippen LogP contribution is 2.20. The zero-order valence-corrected chi connectivity index (χ0v) is 14.0. The van der Waals surface area contributed by atoms with E-state index in [0.29, 0.717) is 30.3 Å². The number of hydrogen-bond donors (Lipinski definition) is 0. The summed E-state index contributed by atoms with van der Waals surface area (Å²) in [5.74, 6) is 0.518. The van der Waals surface area contributed by atoms with Crippen LogP contribution in [0.2, 0.25) is 5.02 Å². The molecule has 1 amide bonds. The molecule has 0 bridgehead atoms. The number of nitrogens with zero attached hydrogens (tertiary/aromatic N) is 1. The van der Waals surface area contributed by atoms with Crippen LogP contribution in [0.25, 0.3) is 0 Å². The fourth-order valence-electron chi connectivity index (χ4n) is 2.82. The van der Waals surface area contributed by atoms with Crippen LogP contribution in [0.4, 0.5) is 4.39 Å². The predicted molar refractivity (Wildman–Crippen MR) is 91.8 cm³/mol. The van der Waals surface area contributed by atoms with E-state index in [0.717, 1.165) is 18.4 Å². The number of rotatable bonds is 4. The van der Waals surface area contributed by atoms with Crippen molar-refractivity contribution in [3.8, 4) is 5.75 Å². The molecule has 1 saturated heterocycles. The zero-order chi connectivity index (χ0) is 16.9. The van der Waals surface area contributed by atoms with Crippen LogP contribution in [0.3, 0.4) is 0 Å². The van der Waals surface area contributed by atoms with E-state index in [1.165, 1.54) is 12.1 Å². The fraction of sp³-hybridized carbons (Fsp3) is 0.316. The molecule has 126 valence electrons. The van der Waals surface area contributed by atoms with Crippen LogP contribution in [0, 0.1) is 5.82 Å². The molecule has 1 aliphatic rings. The minimum atomic E-state index is -0.273. The van der Waals surface area contributed by atoms with Crippen molar-refractivity contribution in [3.05, 3.63) is 64.9 Å². The second-order valence-electron chi connectivity index (χ2n) is 5.96. The molecule has 1 fully saturated rings. The number of piperidine rings is 1. The van der Waals surface area contributed by atoms with E-state index in [1.54, 1.807) is 24.3 Å². The average molecular weight is 348 g/mol. The van der Waals surface area contributed by atoms with E-state index >= 15 is 0 Å². The summed E-state index contributed by atoms with van der Waals surface area (Å²) in [6.45, 7) is 1.36. The Balaban J connectivity index is 1.48. The zero-order valence-electron chi connectivity index (χ0n) is 13.3. The Kier molecular flexibility index (Phi) is 5.36. The van der Waals surface area contributed by atoms with Crippen LogP contribution in [0.1, 0.15) is 18.4 Å². The molecule has 0 saturated carbocycles. The highest BCUT2D eigenvalue weighted by molar-refractivity contribution is 6.30. The van der Waals surface area contributed by atoms with Crippen molar-refractivity contribution in [2.45, 2.75) is 25.4 Å². The molecular weight excluding hydrogens is 329 g/mol. The van der Waals surface area contributed by atoms with Crippen molar-refractivity contribution in [1.29, 1.82) is 0 Å². The molecule has 2 aromatic carbocycles. The number of halogens is 2. The van der Waals surface area contributed by atoms with Gasteiger partial charge in [0, 0.05) is 31.0 Å². The standard InChI is InChI=1S/C19H19ClFNO2/c20-15-3-1-14(2-4-15)13-19(23)22-11-9-18(10-12-22)24-17-7-5-16(21)6-8-17/h1-8,18H,9-13H2. The van der Waals surface area contributed by atoms with Crippen molar-refractivity contribution in [3.63, 3.8) is 0 Å². The third-order valence-electron chi connectivity index (χ3n) is 4.18. The van der Waals surface area contributed by atoms with Crippen molar-refractivity contribution < 1.29 is 13.9 Å². The highest BCUT2D eigenvalue weighted by atomic mass is 35.5. The first kappa shape index (κ1) is 16.8. The molecule has 0 N–H and O–H groups in total. The first-order chi connectivity index (χ1) is 11.6. The molecule has 5 heteroatoms. The number of likely N-dealkylation sites (tertiary alicyclic amines) is 1. The fourth-order valence-corrected chi connectivity index (χ4v) is 2.94. The van der Waals surface area contributed by atoms with Crippen LogP contribution >= 0.6 is 11.6 Å². The summed E-state index contributed by atoms with van der Waals surface area (Å²) >= 11 is 5.86. The van der Waals surface area contributed by atoms with Gasteiger partial charge in [0.25, 0.3) is 0 Å². The maximum Gasteiger partial charge on any atom is 0.226 e. The predicted octanol–water partition coefficient (Wildman–Crippen LogP) is 4.09. The van der Waals surface area contributed by atoms with Gasteiger partial charge in [-0.2, -0.15) is 0 Å². The molecule has 1 heterocycles. The molecule has 24 heavy (non-hydrogen) atoms. The third-order valence-corrected chi connectivity index (χ3v) is 4.43. The molecule has 0 atom stereocenters. The van der Waals surface area contributed by atoms with Crippen molar-refractivity contribution >= 4 is 17.5 Å². The van der Waals surface area contributed by atoms with E-state index < -0.39 is 0 Å². The lowest BCUT2D eigenvalue weighted by molar-refractivity contribution is -0.132. The number of amides is 1. The third kappa shape index (κ3) is 4.48. The van der Waals surface area contributed by atoms with Gasteiger partial charge in [-0.25, -0.2) is 4.39 Å². The number of hydrogen-bond acceptors (Lipinski definition) is 2. The summed E-state index contributed by atoms with van der Waals surface area (Å²) in [4.78, 5) is 14.2. The van der Waals surface area contributed by atoms with E-state index in [4.69, 9.17) is 16.3 Å². The van der Waals surface area contributed by atoms with E-state index in [1.807, 2.05) is 17.0 Å². The van der Waals surface area contributed by atoms with E-state index in [2.05, 4.69) is 0 Å². The molecule has 0 unspecified atom stereocenters. The van der Waals surface area contributed by atoms with Gasteiger partial charge >= 0.3 is 0 Å². The summed E-state index contributed by atoms with van der Waals surface area (Å²) in [7, 11) is 0. The molecule has 0 spiro atoms. The Morgan fingerprint density at radius 1 is 1.08 bits per heavy atom. The summed E-state index contributed by atoms with van der Waals surface area (Å²) in [5, 5.41) is 0.671. The van der Waals surface area contributed by atoms with Gasteiger partial charge in [-0.05, 0) is 42.0 Å². The minimum absolute atomic E-state index is 0.0649. The van der Waals surface area contributed by atoms with Gasteiger partial charge in [0.1, 0.15) is 17.7 Å². The lowest BCUT2D eigenvalue weighted by atomic mass is 10.1. The first-order valence-electron chi connectivity index (χ1n) is 8.04. The normalized spacial score (nSPS) is 15.3. The lowest BCUT2D eigenvalue weighted by Gasteiger charge is -2.32. The lowest BCUT2D eigenvalue weighted by Crippen LogP contribution is -2.42. The second kappa shape index (κ2) is 7.67. The van der Waals surface area contributed by atoms with Crippen LogP contribution in [0.15, 0.2) is 48.5 Å². The highest BCUT2D eigenvalue weighted by Gasteiger charge is 2.23. The smallest absolute Gasteiger partial charge is 0.226 e. The molecule has 2 aromatic rings. The topological polar surface area (TPSA) is 29.5 Å². The van der Waals surface area contributed by atoms with Crippen LogP contribution in [0.5, 0.6) is 5.75 Å². The van der Waals surface area contributed by atoms with Crippen LogP contribution in [-0.2, 0) is 11.2 Å². The van der Waals surface area contributed by atoms with Gasteiger partial charge in [0.05, 0.1) is 6.42 Å². The Bertz CT molecular complexity index is 680. The SMILES string of the molecule is O=C(Cc1ccc(Cl)cc1)N1CCC(Oc2ccc(F)cc2)CC1.